The Bertz CT molecular complexity index is 459. The number of nitrogens with two attached hydrogens (primary N) is 1. The molecule has 5 heteroatoms. The normalized spacial score (nSPS) is 40.2. The molecule has 2 N–H and O–H groups in total. The first kappa shape index (κ1) is 12.7. The van der Waals surface area contributed by atoms with E-state index >= 15 is 0 Å². The molecule has 0 saturated heterocycles. The third kappa shape index (κ3) is 1.75. The van der Waals surface area contributed by atoms with Crippen LogP contribution in [0.4, 0.5) is 0 Å². The highest BCUT2D eigenvalue weighted by atomic mass is 15.6. The lowest BCUT2D eigenvalue weighted by molar-refractivity contribution is -0.0867. The molecule has 5 rings (SSSR count). The first-order chi connectivity index (χ1) is 9.74. The molecule has 4 fully saturated rings. The topological polar surface area (TPSA) is 69.6 Å². The van der Waals surface area contributed by atoms with Crippen molar-refractivity contribution in [1.29, 1.82) is 0 Å². The summed E-state index contributed by atoms with van der Waals surface area (Å²) in [7, 11) is 0. The Labute approximate surface area is 120 Å². The molecule has 0 aliphatic heterocycles. The largest absolute Gasteiger partial charge is 0.324 e. The van der Waals surface area contributed by atoms with Crippen LogP contribution in [0.25, 0.3) is 0 Å². The summed E-state index contributed by atoms with van der Waals surface area (Å²) < 4.78 is 2.06. The van der Waals surface area contributed by atoms with Gasteiger partial charge in [-0.2, -0.15) is 0 Å². The second-order valence-electron chi connectivity index (χ2n) is 7.45. The Morgan fingerprint density at radius 3 is 2.30 bits per heavy atom. The van der Waals surface area contributed by atoms with Crippen molar-refractivity contribution in [2.45, 2.75) is 64.5 Å². The Kier molecular flexibility index (Phi) is 2.88. The van der Waals surface area contributed by atoms with Gasteiger partial charge in [0.25, 0.3) is 0 Å². The fourth-order valence-corrected chi connectivity index (χ4v) is 6.04. The molecule has 1 unspecified atom stereocenters. The van der Waals surface area contributed by atoms with E-state index in [1.165, 1.54) is 38.5 Å². The fourth-order valence-electron chi connectivity index (χ4n) is 6.04. The maximum Gasteiger partial charge on any atom is 0.165 e. The number of aromatic nitrogens is 4. The summed E-state index contributed by atoms with van der Waals surface area (Å²) >= 11 is 0. The molecule has 5 nitrogen and oxygen atoms in total. The standard InChI is InChI=1S/C15H25N5/c1-2-13(20-14(9-16)17-18-19-20)15-6-10-3-11(7-15)5-12(4-10)8-15/h10-13H,2-9,16H2,1H3. The summed E-state index contributed by atoms with van der Waals surface area (Å²) in [5.74, 6) is 3.75. The minimum absolute atomic E-state index is 0.440. The van der Waals surface area contributed by atoms with Gasteiger partial charge in [0.1, 0.15) is 0 Å². The Morgan fingerprint density at radius 1 is 1.20 bits per heavy atom. The lowest BCUT2D eigenvalue weighted by Crippen LogP contribution is -2.50. The van der Waals surface area contributed by atoms with Gasteiger partial charge < -0.3 is 5.73 Å². The van der Waals surface area contributed by atoms with Gasteiger partial charge in [-0.25, -0.2) is 4.68 Å². The van der Waals surface area contributed by atoms with Crippen molar-refractivity contribution >= 4 is 0 Å². The molecule has 0 amide bonds. The van der Waals surface area contributed by atoms with Crippen LogP contribution in [0.3, 0.4) is 0 Å². The monoisotopic (exact) mass is 275 g/mol. The summed E-state index contributed by atoms with van der Waals surface area (Å²) in [5.41, 5.74) is 6.26. The molecule has 1 heterocycles. The highest BCUT2D eigenvalue weighted by molar-refractivity contribution is 5.06. The van der Waals surface area contributed by atoms with Gasteiger partial charge in [0.2, 0.25) is 0 Å². The molecule has 1 aromatic rings. The van der Waals surface area contributed by atoms with Crippen molar-refractivity contribution in [1.82, 2.24) is 20.2 Å². The van der Waals surface area contributed by atoms with Gasteiger partial charge in [-0.05, 0) is 78.5 Å². The van der Waals surface area contributed by atoms with Crippen molar-refractivity contribution in [2.24, 2.45) is 28.9 Å². The molecule has 1 aromatic heterocycles. The Hall–Kier alpha value is -0.970. The molecule has 20 heavy (non-hydrogen) atoms. The second-order valence-corrected chi connectivity index (χ2v) is 7.45. The smallest absolute Gasteiger partial charge is 0.165 e. The predicted molar refractivity (Wildman–Crippen MR) is 75.6 cm³/mol. The summed E-state index contributed by atoms with van der Waals surface area (Å²) in [6.07, 6.45) is 9.73. The van der Waals surface area contributed by atoms with Gasteiger partial charge in [0.05, 0.1) is 12.6 Å². The van der Waals surface area contributed by atoms with Crippen molar-refractivity contribution in [3.8, 4) is 0 Å². The average Bonchev–Trinajstić information content (AvgIpc) is 2.85. The van der Waals surface area contributed by atoms with E-state index in [-0.39, 0.29) is 0 Å². The Balaban J connectivity index is 1.71. The number of hydrogen-bond acceptors (Lipinski definition) is 4. The third-order valence-electron chi connectivity index (χ3n) is 6.22. The van der Waals surface area contributed by atoms with Crippen LogP contribution in [0.5, 0.6) is 0 Å². The van der Waals surface area contributed by atoms with Crippen LogP contribution in [0.15, 0.2) is 0 Å². The zero-order chi connectivity index (χ0) is 13.7. The first-order valence-corrected chi connectivity index (χ1v) is 8.21. The van der Waals surface area contributed by atoms with E-state index in [9.17, 15) is 0 Å². The van der Waals surface area contributed by atoms with E-state index in [1.54, 1.807) is 0 Å². The summed E-state index contributed by atoms with van der Waals surface area (Å²) in [4.78, 5) is 0. The molecule has 0 spiro atoms. The summed E-state index contributed by atoms with van der Waals surface area (Å²) in [6, 6.07) is 0.449. The van der Waals surface area contributed by atoms with E-state index in [0.29, 0.717) is 18.0 Å². The van der Waals surface area contributed by atoms with Crippen molar-refractivity contribution in [2.75, 3.05) is 0 Å². The van der Waals surface area contributed by atoms with Gasteiger partial charge in [0, 0.05) is 0 Å². The fraction of sp³-hybridized carbons (Fsp3) is 0.933. The maximum absolute atomic E-state index is 5.82. The van der Waals surface area contributed by atoms with E-state index < -0.39 is 0 Å². The zero-order valence-electron chi connectivity index (χ0n) is 12.3. The van der Waals surface area contributed by atoms with Crippen LogP contribution in [0.2, 0.25) is 0 Å². The quantitative estimate of drug-likeness (QED) is 0.915. The third-order valence-corrected chi connectivity index (χ3v) is 6.22. The van der Waals surface area contributed by atoms with Gasteiger partial charge in [-0.1, -0.05) is 6.92 Å². The minimum Gasteiger partial charge on any atom is -0.324 e. The molecule has 4 saturated carbocycles. The molecule has 0 aromatic carbocycles. The van der Waals surface area contributed by atoms with Gasteiger partial charge in [0.15, 0.2) is 5.82 Å². The number of rotatable bonds is 4. The molecule has 4 aliphatic carbocycles. The van der Waals surface area contributed by atoms with E-state index in [0.717, 1.165) is 30.0 Å². The molecular weight excluding hydrogens is 250 g/mol. The van der Waals surface area contributed by atoms with Crippen LogP contribution in [0, 0.1) is 23.2 Å². The molecular formula is C15H25N5. The van der Waals surface area contributed by atoms with Crippen LogP contribution < -0.4 is 5.73 Å². The zero-order valence-corrected chi connectivity index (χ0v) is 12.3. The van der Waals surface area contributed by atoms with Crippen LogP contribution in [-0.2, 0) is 6.54 Å². The molecule has 4 bridgehead atoms. The first-order valence-electron chi connectivity index (χ1n) is 8.21. The highest BCUT2D eigenvalue weighted by Gasteiger charge is 2.54. The van der Waals surface area contributed by atoms with Crippen LogP contribution in [0.1, 0.15) is 63.7 Å². The lowest BCUT2D eigenvalue weighted by Gasteiger charge is -2.59. The lowest BCUT2D eigenvalue weighted by atomic mass is 9.47. The predicted octanol–water partition coefficient (Wildman–Crippen LogP) is 2.30. The Morgan fingerprint density at radius 2 is 1.80 bits per heavy atom. The van der Waals surface area contributed by atoms with E-state index in [4.69, 9.17) is 5.73 Å². The van der Waals surface area contributed by atoms with Crippen LogP contribution in [-0.4, -0.2) is 20.2 Å². The summed E-state index contributed by atoms with van der Waals surface area (Å²) in [5, 5.41) is 12.3. The average molecular weight is 275 g/mol. The number of hydrogen-bond donors (Lipinski definition) is 1. The SMILES string of the molecule is CCC(n1nnnc1CN)C12CC3CC(CC(C3)C1)C2. The van der Waals surface area contributed by atoms with Gasteiger partial charge >= 0.3 is 0 Å². The van der Waals surface area contributed by atoms with Gasteiger partial charge in [-0.3, -0.25) is 0 Å². The van der Waals surface area contributed by atoms with Crippen LogP contribution >= 0.6 is 0 Å². The number of nitrogens with zero attached hydrogens (tertiary/aromatic N) is 4. The molecule has 0 radical (unpaired) electrons. The van der Waals surface area contributed by atoms with Crippen molar-refractivity contribution in [3.63, 3.8) is 0 Å². The van der Waals surface area contributed by atoms with Gasteiger partial charge in [-0.15, -0.1) is 5.10 Å². The van der Waals surface area contributed by atoms with E-state index in [2.05, 4.69) is 27.1 Å². The second kappa shape index (κ2) is 4.52. The highest BCUT2D eigenvalue weighted by Crippen LogP contribution is 2.64. The van der Waals surface area contributed by atoms with Crippen molar-refractivity contribution in [3.05, 3.63) is 5.82 Å². The van der Waals surface area contributed by atoms with E-state index in [1.807, 2.05) is 0 Å². The minimum atomic E-state index is 0.440. The summed E-state index contributed by atoms with van der Waals surface area (Å²) in [6.45, 7) is 2.72. The number of tetrazole rings is 1. The van der Waals surface area contributed by atoms with Crippen molar-refractivity contribution < 1.29 is 0 Å². The maximum atomic E-state index is 5.82. The molecule has 1 atom stereocenters. The molecule has 110 valence electrons. The molecule has 4 aliphatic rings.